The number of nitrogens with one attached hydrogen (secondary N) is 1. The maximum Gasteiger partial charge on any atom is 0.407 e. The van der Waals surface area contributed by atoms with Gasteiger partial charge in [-0.1, -0.05) is 30.3 Å². The molecule has 0 fully saturated rings. The second-order valence-corrected chi connectivity index (χ2v) is 5.96. The lowest BCUT2D eigenvalue weighted by molar-refractivity contribution is -0.137. The minimum absolute atomic E-state index is 0.148. The van der Waals surface area contributed by atoms with Gasteiger partial charge in [0.05, 0.1) is 12.5 Å². The van der Waals surface area contributed by atoms with Gasteiger partial charge in [0, 0.05) is 4.88 Å². The van der Waals surface area contributed by atoms with Crippen molar-refractivity contribution < 1.29 is 19.4 Å². The van der Waals surface area contributed by atoms with Crippen molar-refractivity contribution in [2.24, 2.45) is 0 Å². The Kier molecular flexibility index (Phi) is 5.55. The third-order valence-electron chi connectivity index (χ3n) is 3.04. The summed E-state index contributed by atoms with van der Waals surface area (Å²) in [6.07, 6.45) is -0.810. The van der Waals surface area contributed by atoms with Gasteiger partial charge in [-0.25, -0.2) is 4.79 Å². The molecule has 2 N–H and O–H groups in total. The van der Waals surface area contributed by atoms with Gasteiger partial charge >= 0.3 is 12.1 Å². The monoisotopic (exact) mass is 319 g/mol. The van der Waals surface area contributed by atoms with Crippen LogP contribution in [0.5, 0.6) is 0 Å². The number of amides is 1. The minimum Gasteiger partial charge on any atom is -0.481 e. The molecule has 1 aromatic heterocycles. The molecule has 2 aromatic rings. The van der Waals surface area contributed by atoms with Crippen molar-refractivity contribution in [3.05, 3.63) is 57.8 Å². The van der Waals surface area contributed by atoms with Crippen molar-refractivity contribution in [3.8, 4) is 0 Å². The Balaban J connectivity index is 1.94. The standard InChI is InChI=1S/C16H17NO4S/c1-11-7-13(10-22-11)14(8-15(18)19)17-16(20)21-9-12-5-3-2-4-6-12/h2-7,10,14H,8-9H2,1H3,(H,17,20)(H,18,19)/t14-/m0/s1. The highest BCUT2D eigenvalue weighted by Gasteiger charge is 2.19. The van der Waals surface area contributed by atoms with Gasteiger partial charge in [-0.2, -0.15) is 0 Å². The Morgan fingerprint density at radius 2 is 2.05 bits per heavy atom. The zero-order chi connectivity index (χ0) is 15.9. The van der Waals surface area contributed by atoms with E-state index in [9.17, 15) is 9.59 Å². The van der Waals surface area contributed by atoms with E-state index in [1.54, 1.807) is 0 Å². The Bertz CT molecular complexity index is 639. The van der Waals surface area contributed by atoms with E-state index >= 15 is 0 Å². The SMILES string of the molecule is Cc1cc([C@H](CC(=O)O)NC(=O)OCc2ccccc2)cs1. The molecule has 1 amide bonds. The van der Waals surface area contributed by atoms with Crippen LogP contribution in [0.3, 0.4) is 0 Å². The summed E-state index contributed by atoms with van der Waals surface area (Å²) in [4.78, 5) is 23.9. The summed E-state index contributed by atoms with van der Waals surface area (Å²) in [7, 11) is 0. The van der Waals surface area contributed by atoms with Gasteiger partial charge < -0.3 is 15.2 Å². The molecule has 0 unspecified atom stereocenters. The summed E-state index contributed by atoms with van der Waals surface area (Å²) in [5.74, 6) is -0.975. The fourth-order valence-electron chi connectivity index (χ4n) is 1.98. The number of rotatable bonds is 6. The number of aliphatic carboxylic acids is 1. The van der Waals surface area contributed by atoms with Crippen molar-refractivity contribution in [1.29, 1.82) is 0 Å². The minimum atomic E-state index is -0.975. The van der Waals surface area contributed by atoms with E-state index in [4.69, 9.17) is 9.84 Å². The molecule has 2 rings (SSSR count). The summed E-state index contributed by atoms with van der Waals surface area (Å²) >= 11 is 1.51. The van der Waals surface area contributed by atoms with Crippen LogP contribution in [0.2, 0.25) is 0 Å². The zero-order valence-corrected chi connectivity index (χ0v) is 12.9. The highest BCUT2D eigenvalue weighted by molar-refractivity contribution is 7.10. The predicted molar refractivity (Wildman–Crippen MR) is 83.8 cm³/mol. The van der Waals surface area contributed by atoms with Crippen LogP contribution in [-0.2, 0) is 16.1 Å². The lowest BCUT2D eigenvalue weighted by Gasteiger charge is -2.16. The van der Waals surface area contributed by atoms with Crippen molar-refractivity contribution in [1.82, 2.24) is 5.32 Å². The van der Waals surface area contributed by atoms with Crippen molar-refractivity contribution in [2.45, 2.75) is 26.0 Å². The summed E-state index contributed by atoms with van der Waals surface area (Å²) in [5.41, 5.74) is 1.65. The largest absolute Gasteiger partial charge is 0.481 e. The fraction of sp³-hybridized carbons (Fsp3) is 0.250. The summed E-state index contributed by atoms with van der Waals surface area (Å²) in [6, 6.07) is 10.6. The lowest BCUT2D eigenvalue weighted by Crippen LogP contribution is -2.30. The molecule has 0 radical (unpaired) electrons. The molecule has 6 heteroatoms. The average Bonchev–Trinajstić information content (AvgIpc) is 2.92. The third kappa shape index (κ3) is 4.89. The average molecular weight is 319 g/mol. The van der Waals surface area contributed by atoms with E-state index in [1.165, 1.54) is 11.3 Å². The predicted octanol–water partition coefficient (Wildman–Crippen LogP) is 3.50. The molecule has 0 spiro atoms. The van der Waals surface area contributed by atoms with Gasteiger partial charge in [0.15, 0.2) is 0 Å². The van der Waals surface area contributed by atoms with Gasteiger partial charge in [-0.3, -0.25) is 4.79 Å². The molecule has 0 aliphatic heterocycles. The van der Waals surface area contributed by atoms with Crippen LogP contribution in [0.1, 0.15) is 28.5 Å². The number of carboxylic acids is 1. The third-order valence-corrected chi connectivity index (χ3v) is 3.92. The number of carboxylic acid groups (broad SMARTS) is 1. The molecule has 5 nitrogen and oxygen atoms in total. The van der Waals surface area contributed by atoms with E-state index in [2.05, 4.69) is 5.32 Å². The maximum absolute atomic E-state index is 11.9. The van der Waals surface area contributed by atoms with Crippen LogP contribution in [0.4, 0.5) is 4.79 Å². The molecule has 22 heavy (non-hydrogen) atoms. The molecular formula is C16H17NO4S. The van der Waals surface area contributed by atoms with Crippen LogP contribution in [-0.4, -0.2) is 17.2 Å². The first-order valence-corrected chi connectivity index (χ1v) is 7.66. The van der Waals surface area contributed by atoms with Gasteiger partial charge in [-0.05, 0) is 29.5 Å². The second-order valence-electron chi connectivity index (χ2n) is 4.85. The Morgan fingerprint density at radius 3 is 2.64 bits per heavy atom. The fourth-order valence-corrected chi connectivity index (χ4v) is 2.74. The zero-order valence-electron chi connectivity index (χ0n) is 12.1. The smallest absolute Gasteiger partial charge is 0.407 e. The highest BCUT2D eigenvalue weighted by atomic mass is 32.1. The van der Waals surface area contributed by atoms with E-state index in [-0.39, 0.29) is 13.0 Å². The van der Waals surface area contributed by atoms with Crippen LogP contribution >= 0.6 is 11.3 Å². The van der Waals surface area contributed by atoms with Crippen LogP contribution < -0.4 is 5.32 Å². The number of carbonyl (C=O) groups excluding carboxylic acids is 1. The molecule has 0 aliphatic carbocycles. The molecule has 116 valence electrons. The number of ether oxygens (including phenoxy) is 1. The molecule has 1 atom stereocenters. The first kappa shape index (κ1) is 16.0. The van der Waals surface area contributed by atoms with Gasteiger partial charge in [-0.15, -0.1) is 11.3 Å². The molecule has 1 aromatic carbocycles. The van der Waals surface area contributed by atoms with Gasteiger partial charge in [0.1, 0.15) is 6.61 Å². The molecule has 0 bridgehead atoms. The van der Waals surface area contributed by atoms with Crippen LogP contribution in [0.25, 0.3) is 0 Å². The number of aryl methyl sites for hydroxylation is 1. The van der Waals surface area contributed by atoms with E-state index < -0.39 is 18.1 Å². The number of thiophene rings is 1. The Morgan fingerprint density at radius 1 is 1.32 bits per heavy atom. The maximum atomic E-state index is 11.9. The number of hydrogen-bond acceptors (Lipinski definition) is 4. The number of carbonyl (C=O) groups is 2. The first-order chi connectivity index (χ1) is 10.5. The highest BCUT2D eigenvalue weighted by Crippen LogP contribution is 2.23. The molecule has 0 aliphatic rings. The molecule has 1 heterocycles. The van der Waals surface area contributed by atoms with Gasteiger partial charge in [0.25, 0.3) is 0 Å². The second kappa shape index (κ2) is 7.61. The topological polar surface area (TPSA) is 75.6 Å². The van der Waals surface area contributed by atoms with E-state index in [1.807, 2.05) is 48.7 Å². The first-order valence-electron chi connectivity index (χ1n) is 6.78. The number of alkyl carbamates (subject to hydrolysis) is 1. The Labute approximate surface area is 132 Å². The molecular weight excluding hydrogens is 302 g/mol. The lowest BCUT2D eigenvalue weighted by atomic mass is 10.1. The van der Waals surface area contributed by atoms with Crippen molar-refractivity contribution in [2.75, 3.05) is 0 Å². The Hall–Kier alpha value is -2.34. The molecule has 0 saturated heterocycles. The summed E-state index contributed by atoms with van der Waals surface area (Å²) < 4.78 is 5.13. The number of hydrogen-bond donors (Lipinski definition) is 2. The van der Waals surface area contributed by atoms with Gasteiger partial charge in [0.2, 0.25) is 0 Å². The van der Waals surface area contributed by atoms with Crippen LogP contribution in [0, 0.1) is 6.92 Å². The van der Waals surface area contributed by atoms with Crippen LogP contribution in [0.15, 0.2) is 41.8 Å². The summed E-state index contributed by atoms with van der Waals surface area (Å²) in [6.45, 7) is 2.08. The molecule has 0 saturated carbocycles. The quantitative estimate of drug-likeness (QED) is 0.854. The van der Waals surface area contributed by atoms with E-state index in [0.717, 1.165) is 16.0 Å². The van der Waals surface area contributed by atoms with E-state index in [0.29, 0.717) is 0 Å². The van der Waals surface area contributed by atoms with Crippen molar-refractivity contribution in [3.63, 3.8) is 0 Å². The number of benzene rings is 1. The summed E-state index contributed by atoms with van der Waals surface area (Å²) in [5, 5.41) is 13.4. The normalized spacial score (nSPS) is 11.7. The van der Waals surface area contributed by atoms with Crippen molar-refractivity contribution >= 4 is 23.4 Å².